The second kappa shape index (κ2) is 4.07. The predicted octanol–water partition coefficient (Wildman–Crippen LogP) is 1.55. The van der Waals surface area contributed by atoms with Crippen LogP contribution in [-0.4, -0.2) is 19.2 Å². The molecule has 0 aliphatic rings. The van der Waals surface area contributed by atoms with E-state index in [1.807, 2.05) is 13.0 Å². The van der Waals surface area contributed by atoms with Crippen LogP contribution in [0.15, 0.2) is 12.3 Å². The second-order valence-electron chi connectivity index (χ2n) is 2.57. The standard InChI is InChI=1S/C9H13NO2/c1-7-4-9(12-3)8(5-10-7)6-11-2/h4-5H,6H2,1-3H3. The number of aromatic nitrogens is 1. The zero-order valence-corrected chi connectivity index (χ0v) is 7.63. The molecule has 3 nitrogen and oxygen atoms in total. The average Bonchev–Trinajstić information content (AvgIpc) is 2.08. The normalized spacial score (nSPS) is 9.92. The summed E-state index contributed by atoms with van der Waals surface area (Å²) in [7, 11) is 3.30. The van der Waals surface area contributed by atoms with Crippen molar-refractivity contribution in [2.45, 2.75) is 13.5 Å². The molecule has 1 rings (SSSR count). The van der Waals surface area contributed by atoms with Gasteiger partial charge < -0.3 is 9.47 Å². The molecule has 0 N–H and O–H groups in total. The highest BCUT2D eigenvalue weighted by Gasteiger charge is 2.02. The maximum absolute atomic E-state index is 5.16. The molecule has 1 aromatic heterocycles. The van der Waals surface area contributed by atoms with Crippen molar-refractivity contribution >= 4 is 0 Å². The molecule has 0 aliphatic carbocycles. The summed E-state index contributed by atoms with van der Waals surface area (Å²) in [5.74, 6) is 0.837. The molecule has 12 heavy (non-hydrogen) atoms. The number of nitrogens with zero attached hydrogens (tertiary/aromatic N) is 1. The van der Waals surface area contributed by atoms with Crippen LogP contribution in [0.25, 0.3) is 0 Å². The zero-order valence-electron chi connectivity index (χ0n) is 7.63. The lowest BCUT2D eigenvalue weighted by Crippen LogP contribution is -1.96. The molecule has 0 bridgehead atoms. The molecule has 0 atom stereocenters. The van der Waals surface area contributed by atoms with Crippen LogP contribution >= 0.6 is 0 Å². The van der Waals surface area contributed by atoms with E-state index in [1.54, 1.807) is 20.4 Å². The molecule has 0 amide bonds. The van der Waals surface area contributed by atoms with Gasteiger partial charge in [0, 0.05) is 30.6 Å². The smallest absolute Gasteiger partial charge is 0.127 e. The Kier molecular flexibility index (Phi) is 3.05. The fourth-order valence-electron chi connectivity index (χ4n) is 1.02. The van der Waals surface area contributed by atoms with Gasteiger partial charge in [-0.2, -0.15) is 0 Å². The van der Waals surface area contributed by atoms with Crippen LogP contribution in [-0.2, 0) is 11.3 Å². The third-order valence-corrected chi connectivity index (χ3v) is 1.60. The quantitative estimate of drug-likeness (QED) is 0.684. The van der Waals surface area contributed by atoms with Gasteiger partial charge in [-0.3, -0.25) is 4.98 Å². The van der Waals surface area contributed by atoms with E-state index in [0.29, 0.717) is 6.61 Å². The van der Waals surface area contributed by atoms with Crippen LogP contribution in [0.4, 0.5) is 0 Å². The van der Waals surface area contributed by atoms with E-state index < -0.39 is 0 Å². The summed E-state index contributed by atoms with van der Waals surface area (Å²) >= 11 is 0. The highest BCUT2D eigenvalue weighted by atomic mass is 16.5. The number of hydrogen-bond donors (Lipinski definition) is 0. The average molecular weight is 167 g/mol. The van der Waals surface area contributed by atoms with Gasteiger partial charge in [0.15, 0.2) is 0 Å². The van der Waals surface area contributed by atoms with Gasteiger partial charge in [-0.1, -0.05) is 0 Å². The van der Waals surface area contributed by atoms with Crippen molar-refractivity contribution in [3.8, 4) is 5.75 Å². The Morgan fingerprint density at radius 2 is 2.17 bits per heavy atom. The summed E-state index contributed by atoms with van der Waals surface area (Å²) in [5, 5.41) is 0. The molecular weight excluding hydrogens is 154 g/mol. The first-order valence-corrected chi connectivity index (χ1v) is 3.76. The molecule has 0 radical (unpaired) electrons. The van der Waals surface area contributed by atoms with Gasteiger partial charge >= 0.3 is 0 Å². The molecule has 0 aromatic carbocycles. The van der Waals surface area contributed by atoms with Gasteiger partial charge in [0.25, 0.3) is 0 Å². The van der Waals surface area contributed by atoms with Gasteiger partial charge in [-0.05, 0) is 6.92 Å². The summed E-state index contributed by atoms with van der Waals surface area (Å²) in [6.07, 6.45) is 1.78. The van der Waals surface area contributed by atoms with E-state index in [1.165, 1.54) is 0 Å². The van der Waals surface area contributed by atoms with Crippen molar-refractivity contribution in [1.82, 2.24) is 4.98 Å². The number of pyridine rings is 1. The van der Waals surface area contributed by atoms with Gasteiger partial charge in [-0.15, -0.1) is 0 Å². The summed E-state index contributed by atoms with van der Waals surface area (Å²) in [5.41, 5.74) is 1.93. The molecule has 0 fully saturated rings. The van der Waals surface area contributed by atoms with Crippen LogP contribution in [0.2, 0.25) is 0 Å². The number of ether oxygens (including phenoxy) is 2. The Morgan fingerprint density at radius 1 is 1.42 bits per heavy atom. The SMILES string of the molecule is COCc1cnc(C)cc1OC. The van der Waals surface area contributed by atoms with Crippen LogP contribution in [0, 0.1) is 6.92 Å². The summed E-state index contributed by atoms with van der Waals surface area (Å²) in [6, 6.07) is 1.90. The largest absolute Gasteiger partial charge is 0.496 e. The van der Waals surface area contributed by atoms with Crippen molar-refractivity contribution < 1.29 is 9.47 Å². The summed E-state index contributed by atoms with van der Waals surface area (Å²) < 4.78 is 10.1. The fourth-order valence-corrected chi connectivity index (χ4v) is 1.02. The highest BCUT2D eigenvalue weighted by Crippen LogP contribution is 2.18. The molecule has 3 heteroatoms. The monoisotopic (exact) mass is 167 g/mol. The van der Waals surface area contributed by atoms with Crippen molar-refractivity contribution in [3.63, 3.8) is 0 Å². The minimum absolute atomic E-state index is 0.538. The van der Waals surface area contributed by atoms with Crippen molar-refractivity contribution in [2.75, 3.05) is 14.2 Å². The molecule has 0 spiro atoms. The fraction of sp³-hybridized carbons (Fsp3) is 0.444. The Hall–Kier alpha value is -1.09. The molecule has 0 saturated carbocycles. The minimum Gasteiger partial charge on any atom is -0.496 e. The maximum atomic E-state index is 5.16. The van der Waals surface area contributed by atoms with Gasteiger partial charge in [0.2, 0.25) is 0 Å². The number of methoxy groups -OCH3 is 2. The van der Waals surface area contributed by atoms with E-state index in [9.17, 15) is 0 Å². The van der Waals surface area contributed by atoms with Crippen LogP contribution in [0.5, 0.6) is 5.75 Å². The van der Waals surface area contributed by atoms with E-state index in [2.05, 4.69) is 4.98 Å². The van der Waals surface area contributed by atoms with Crippen molar-refractivity contribution in [2.24, 2.45) is 0 Å². The summed E-state index contributed by atoms with van der Waals surface area (Å²) in [6.45, 7) is 2.47. The van der Waals surface area contributed by atoms with E-state index in [0.717, 1.165) is 17.0 Å². The lowest BCUT2D eigenvalue weighted by molar-refractivity contribution is 0.181. The molecule has 1 aromatic rings. The lowest BCUT2D eigenvalue weighted by atomic mass is 10.2. The first-order chi connectivity index (χ1) is 5.77. The third kappa shape index (κ3) is 1.95. The minimum atomic E-state index is 0.538. The number of hydrogen-bond acceptors (Lipinski definition) is 3. The van der Waals surface area contributed by atoms with Gasteiger partial charge in [-0.25, -0.2) is 0 Å². The van der Waals surface area contributed by atoms with Gasteiger partial charge in [0.1, 0.15) is 5.75 Å². The highest BCUT2D eigenvalue weighted by molar-refractivity contribution is 5.32. The molecule has 0 aliphatic heterocycles. The molecule has 1 heterocycles. The van der Waals surface area contributed by atoms with Crippen LogP contribution in [0.3, 0.4) is 0 Å². The Labute approximate surface area is 72.3 Å². The first kappa shape index (κ1) is 9.00. The third-order valence-electron chi connectivity index (χ3n) is 1.60. The van der Waals surface area contributed by atoms with E-state index in [-0.39, 0.29) is 0 Å². The van der Waals surface area contributed by atoms with E-state index in [4.69, 9.17) is 9.47 Å². The predicted molar refractivity (Wildman–Crippen MR) is 46.2 cm³/mol. The molecule has 66 valence electrons. The molecule has 0 unspecified atom stereocenters. The first-order valence-electron chi connectivity index (χ1n) is 3.76. The van der Waals surface area contributed by atoms with E-state index >= 15 is 0 Å². The zero-order chi connectivity index (χ0) is 8.97. The Bertz CT molecular complexity index is 261. The van der Waals surface area contributed by atoms with Gasteiger partial charge in [0.05, 0.1) is 13.7 Å². The topological polar surface area (TPSA) is 31.4 Å². The lowest BCUT2D eigenvalue weighted by Gasteiger charge is -2.07. The Balaban J connectivity index is 2.94. The molecule has 0 saturated heterocycles. The Morgan fingerprint density at radius 3 is 2.75 bits per heavy atom. The number of aryl methyl sites for hydroxylation is 1. The van der Waals surface area contributed by atoms with Crippen molar-refractivity contribution in [1.29, 1.82) is 0 Å². The van der Waals surface area contributed by atoms with Crippen LogP contribution in [0.1, 0.15) is 11.3 Å². The summed E-state index contributed by atoms with van der Waals surface area (Å²) in [4.78, 5) is 4.15. The van der Waals surface area contributed by atoms with Crippen molar-refractivity contribution in [3.05, 3.63) is 23.5 Å². The second-order valence-corrected chi connectivity index (χ2v) is 2.57. The van der Waals surface area contributed by atoms with Crippen LogP contribution < -0.4 is 4.74 Å². The maximum Gasteiger partial charge on any atom is 0.127 e. The molecular formula is C9H13NO2. The number of rotatable bonds is 3.